The number of ether oxygens (including phenoxy) is 1. The van der Waals surface area contributed by atoms with E-state index < -0.39 is 0 Å². The Kier molecular flexibility index (Phi) is 4.26. The molecular formula is C15H22N4OS. The highest BCUT2D eigenvalue weighted by Gasteiger charge is 2.31. The van der Waals surface area contributed by atoms with Crippen molar-refractivity contribution in [3.63, 3.8) is 0 Å². The second kappa shape index (κ2) is 6.15. The van der Waals surface area contributed by atoms with E-state index in [0.29, 0.717) is 12.0 Å². The molecule has 2 heterocycles. The summed E-state index contributed by atoms with van der Waals surface area (Å²) < 4.78 is 5.27. The SMILES string of the molecule is CCc1cc2c(N(CCOC)C3CC3)nc(NC)nc2s1. The maximum absolute atomic E-state index is 5.27. The molecule has 2 aromatic rings. The van der Waals surface area contributed by atoms with Crippen molar-refractivity contribution in [2.75, 3.05) is 37.5 Å². The van der Waals surface area contributed by atoms with Crippen molar-refractivity contribution in [3.8, 4) is 0 Å². The number of anilines is 2. The van der Waals surface area contributed by atoms with Gasteiger partial charge in [-0.15, -0.1) is 11.3 Å². The number of fused-ring (bicyclic) bond motifs is 1. The molecule has 1 saturated carbocycles. The Labute approximate surface area is 129 Å². The second-order valence-corrected chi connectivity index (χ2v) is 6.44. The van der Waals surface area contributed by atoms with Crippen molar-refractivity contribution in [2.45, 2.75) is 32.2 Å². The van der Waals surface area contributed by atoms with Gasteiger partial charge in [-0.3, -0.25) is 0 Å². The van der Waals surface area contributed by atoms with Gasteiger partial charge in [-0.1, -0.05) is 6.92 Å². The smallest absolute Gasteiger partial charge is 0.225 e. The summed E-state index contributed by atoms with van der Waals surface area (Å²) in [6.07, 6.45) is 3.53. The maximum atomic E-state index is 5.27. The summed E-state index contributed by atoms with van der Waals surface area (Å²) in [5.74, 6) is 1.75. The molecule has 114 valence electrons. The van der Waals surface area contributed by atoms with Gasteiger partial charge >= 0.3 is 0 Å². The van der Waals surface area contributed by atoms with Crippen LogP contribution in [0.3, 0.4) is 0 Å². The van der Waals surface area contributed by atoms with Crippen LogP contribution in [-0.4, -0.2) is 43.3 Å². The van der Waals surface area contributed by atoms with Crippen LogP contribution in [0.1, 0.15) is 24.6 Å². The zero-order valence-corrected chi connectivity index (χ0v) is 13.7. The van der Waals surface area contributed by atoms with Crippen LogP contribution >= 0.6 is 11.3 Å². The zero-order chi connectivity index (χ0) is 14.8. The van der Waals surface area contributed by atoms with Gasteiger partial charge < -0.3 is 15.0 Å². The molecule has 5 nitrogen and oxygen atoms in total. The molecule has 21 heavy (non-hydrogen) atoms. The second-order valence-electron chi connectivity index (χ2n) is 5.32. The highest BCUT2D eigenvalue weighted by molar-refractivity contribution is 7.18. The molecular weight excluding hydrogens is 284 g/mol. The van der Waals surface area contributed by atoms with Crippen molar-refractivity contribution in [1.82, 2.24) is 9.97 Å². The minimum absolute atomic E-state index is 0.605. The molecule has 0 aromatic carbocycles. The van der Waals surface area contributed by atoms with Crippen LogP contribution in [0.25, 0.3) is 10.2 Å². The lowest BCUT2D eigenvalue weighted by molar-refractivity contribution is 0.205. The van der Waals surface area contributed by atoms with Crippen LogP contribution in [-0.2, 0) is 11.2 Å². The van der Waals surface area contributed by atoms with E-state index in [1.807, 2.05) is 7.05 Å². The molecule has 0 atom stereocenters. The molecule has 0 aliphatic heterocycles. The summed E-state index contributed by atoms with van der Waals surface area (Å²) in [5, 5.41) is 4.26. The lowest BCUT2D eigenvalue weighted by atomic mass is 10.3. The molecule has 0 unspecified atom stereocenters. The monoisotopic (exact) mass is 306 g/mol. The first-order valence-corrected chi connectivity index (χ1v) is 8.32. The Morgan fingerprint density at radius 1 is 1.43 bits per heavy atom. The van der Waals surface area contributed by atoms with Crippen molar-refractivity contribution >= 4 is 33.3 Å². The number of thiophene rings is 1. The van der Waals surface area contributed by atoms with E-state index in [9.17, 15) is 0 Å². The maximum Gasteiger partial charge on any atom is 0.225 e. The van der Waals surface area contributed by atoms with Crippen LogP contribution in [0.5, 0.6) is 0 Å². The van der Waals surface area contributed by atoms with E-state index in [-0.39, 0.29) is 0 Å². The summed E-state index contributed by atoms with van der Waals surface area (Å²) in [4.78, 5) is 14.2. The first-order chi connectivity index (χ1) is 10.3. The van der Waals surface area contributed by atoms with Crippen LogP contribution in [0.2, 0.25) is 0 Å². The Balaban J connectivity index is 2.06. The minimum Gasteiger partial charge on any atom is -0.383 e. The summed E-state index contributed by atoms with van der Waals surface area (Å²) in [7, 11) is 3.62. The number of hydrogen-bond donors (Lipinski definition) is 1. The lowest BCUT2D eigenvalue weighted by Crippen LogP contribution is -2.30. The summed E-state index contributed by atoms with van der Waals surface area (Å²) in [6, 6.07) is 2.85. The van der Waals surface area contributed by atoms with Crippen LogP contribution < -0.4 is 10.2 Å². The Morgan fingerprint density at radius 2 is 2.24 bits per heavy atom. The Morgan fingerprint density at radius 3 is 2.86 bits per heavy atom. The van der Waals surface area contributed by atoms with Gasteiger partial charge in [-0.2, -0.15) is 4.98 Å². The van der Waals surface area contributed by atoms with Crippen molar-refractivity contribution < 1.29 is 4.74 Å². The van der Waals surface area contributed by atoms with Gasteiger partial charge in [0.25, 0.3) is 0 Å². The van der Waals surface area contributed by atoms with Gasteiger partial charge in [0.05, 0.1) is 12.0 Å². The summed E-state index contributed by atoms with van der Waals surface area (Å²) >= 11 is 1.77. The van der Waals surface area contributed by atoms with E-state index in [0.717, 1.165) is 30.2 Å². The van der Waals surface area contributed by atoms with E-state index >= 15 is 0 Å². The van der Waals surface area contributed by atoms with Gasteiger partial charge in [0.15, 0.2) is 0 Å². The fraction of sp³-hybridized carbons (Fsp3) is 0.600. The number of nitrogens with one attached hydrogen (secondary N) is 1. The van der Waals surface area contributed by atoms with Crippen LogP contribution in [0.4, 0.5) is 11.8 Å². The van der Waals surface area contributed by atoms with Gasteiger partial charge in [0.2, 0.25) is 5.95 Å². The van der Waals surface area contributed by atoms with Gasteiger partial charge in [0, 0.05) is 31.6 Å². The lowest BCUT2D eigenvalue weighted by Gasteiger charge is -2.24. The quantitative estimate of drug-likeness (QED) is 0.852. The molecule has 1 aliphatic rings. The molecule has 0 bridgehead atoms. The average Bonchev–Trinajstić information content (AvgIpc) is 3.25. The predicted molar refractivity (Wildman–Crippen MR) is 88.6 cm³/mol. The molecule has 6 heteroatoms. The topological polar surface area (TPSA) is 50.3 Å². The van der Waals surface area contributed by atoms with E-state index in [1.54, 1.807) is 18.4 Å². The molecule has 0 amide bonds. The summed E-state index contributed by atoms with van der Waals surface area (Å²) in [5.41, 5.74) is 0. The average molecular weight is 306 g/mol. The number of nitrogens with zero attached hydrogens (tertiary/aromatic N) is 3. The number of aromatic nitrogens is 2. The van der Waals surface area contributed by atoms with E-state index in [2.05, 4.69) is 28.2 Å². The fourth-order valence-electron chi connectivity index (χ4n) is 2.50. The Bertz CT molecular complexity index is 623. The largest absolute Gasteiger partial charge is 0.383 e. The molecule has 0 radical (unpaired) electrons. The molecule has 3 rings (SSSR count). The third kappa shape index (κ3) is 2.96. The first-order valence-electron chi connectivity index (χ1n) is 7.50. The van der Waals surface area contributed by atoms with Crippen molar-refractivity contribution in [1.29, 1.82) is 0 Å². The summed E-state index contributed by atoms with van der Waals surface area (Å²) in [6.45, 7) is 3.79. The highest BCUT2D eigenvalue weighted by Crippen LogP contribution is 2.37. The third-order valence-electron chi connectivity index (χ3n) is 3.79. The normalized spacial score (nSPS) is 14.6. The fourth-order valence-corrected chi connectivity index (χ4v) is 3.46. The van der Waals surface area contributed by atoms with Gasteiger partial charge in [0.1, 0.15) is 10.6 Å². The predicted octanol–water partition coefficient (Wildman–Crippen LogP) is 2.91. The van der Waals surface area contributed by atoms with Crippen LogP contribution in [0.15, 0.2) is 6.07 Å². The van der Waals surface area contributed by atoms with Crippen LogP contribution in [0, 0.1) is 0 Å². The van der Waals surface area contributed by atoms with E-state index in [4.69, 9.17) is 9.72 Å². The van der Waals surface area contributed by atoms with Crippen molar-refractivity contribution in [2.24, 2.45) is 0 Å². The molecule has 1 fully saturated rings. The Hall–Kier alpha value is -1.40. The number of rotatable bonds is 7. The van der Waals surface area contributed by atoms with E-state index in [1.165, 1.54) is 23.1 Å². The number of aryl methyl sites for hydroxylation is 1. The zero-order valence-electron chi connectivity index (χ0n) is 12.8. The first kappa shape index (κ1) is 14.5. The number of methoxy groups -OCH3 is 1. The molecule has 0 saturated heterocycles. The third-order valence-corrected chi connectivity index (χ3v) is 4.97. The minimum atomic E-state index is 0.605. The molecule has 1 aliphatic carbocycles. The molecule has 0 spiro atoms. The highest BCUT2D eigenvalue weighted by atomic mass is 32.1. The molecule has 2 aromatic heterocycles. The standard InChI is InChI=1S/C15H22N4OS/c1-4-11-9-12-13(17-15(16-2)18-14(12)21-11)19(7-8-20-3)10-5-6-10/h9-10H,4-8H2,1-3H3,(H,16,17,18). The molecule has 1 N–H and O–H groups in total. The number of hydrogen-bond acceptors (Lipinski definition) is 6. The van der Waals surface area contributed by atoms with Gasteiger partial charge in [-0.05, 0) is 25.3 Å². The van der Waals surface area contributed by atoms with Crippen molar-refractivity contribution in [3.05, 3.63) is 10.9 Å². The van der Waals surface area contributed by atoms with Gasteiger partial charge in [-0.25, -0.2) is 4.98 Å².